The summed E-state index contributed by atoms with van der Waals surface area (Å²) in [5, 5.41) is 9.78. The number of nitrogens with one attached hydrogen (secondary N) is 2. The molecule has 2 N–H and O–H groups in total. The van der Waals surface area contributed by atoms with Gasteiger partial charge in [-0.15, -0.1) is 11.3 Å². The molecule has 3 aromatic rings. The molecule has 4 rings (SSSR count). The summed E-state index contributed by atoms with van der Waals surface area (Å²) in [7, 11) is 0. The molecule has 1 aliphatic heterocycles. The van der Waals surface area contributed by atoms with Gasteiger partial charge in [-0.05, 0) is 25.1 Å². The first kappa shape index (κ1) is 16.0. The Kier molecular flexibility index (Phi) is 4.37. The van der Waals surface area contributed by atoms with Crippen molar-refractivity contribution in [3.05, 3.63) is 41.2 Å². The number of ether oxygens (including phenoxy) is 1. The Morgan fingerprint density at radius 2 is 2.28 bits per heavy atom. The number of anilines is 1. The molecule has 25 heavy (non-hydrogen) atoms. The maximum absolute atomic E-state index is 12.3. The number of fused-ring (bicyclic) bond motifs is 1. The molecule has 2 aromatic heterocycles. The Balaban J connectivity index is 1.37. The minimum Gasteiger partial charge on any atom is -0.379 e. The maximum Gasteiger partial charge on any atom is 0.319 e. The monoisotopic (exact) mass is 358 g/mol. The molecule has 1 aliphatic rings. The lowest BCUT2D eigenvalue weighted by atomic mass is 9.98. The van der Waals surface area contributed by atoms with Crippen LogP contribution in [-0.4, -0.2) is 35.4 Å². The molecule has 130 valence electrons. The number of nitrogens with zero attached hydrogens (tertiary/aromatic N) is 2. The van der Waals surface area contributed by atoms with E-state index in [1.807, 2.05) is 31.2 Å². The van der Waals surface area contributed by atoms with Crippen molar-refractivity contribution in [3.63, 3.8) is 0 Å². The number of thiazole rings is 1. The molecular formula is C17H18N4O3S. The summed E-state index contributed by atoms with van der Waals surface area (Å²) in [6, 6.07) is 7.29. The fourth-order valence-electron chi connectivity index (χ4n) is 3.00. The van der Waals surface area contributed by atoms with Crippen LogP contribution in [0.3, 0.4) is 0 Å². The van der Waals surface area contributed by atoms with E-state index < -0.39 is 0 Å². The van der Waals surface area contributed by atoms with E-state index in [9.17, 15) is 4.79 Å². The number of aromatic nitrogens is 2. The van der Waals surface area contributed by atoms with Gasteiger partial charge in [-0.1, -0.05) is 5.16 Å². The van der Waals surface area contributed by atoms with Gasteiger partial charge in [0.2, 0.25) is 0 Å². The van der Waals surface area contributed by atoms with E-state index >= 15 is 0 Å². The highest BCUT2D eigenvalue weighted by molar-refractivity contribution is 7.16. The van der Waals surface area contributed by atoms with Gasteiger partial charge < -0.3 is 19.9 Å². The highest BCUT2D eigenvalue weighted by Gasteiger charge is 2.30. The van der Waals surface area contributed by atoms with E-state index in [2.05, 4.69) is 20.8 Å². The van der Waals surface area contributed by atoms with Crippen LogP contribution in [0, 0.1) is 12.8 Å². The Labute approximate surface area is 148 Å². The lowest BCUT2D eigenvalue weighted by Crippen LogP contribution is -2.42. The highest BCUT2D eigenvalue weighted by atomic mass is 32.1. The van der Waals surface area contributed by atoms with Crippen LogP contribution in [0.2, 0.25) is 0 Å². The average molecular weight is 358 g/mol. The van der Waals surface area contributed by atoms with Gasteiger partial charge in [0.05, 0.1) is 40.7 Å². The predicted molar refractivity (Wildman–Crippen MR) is 94.8 cm³/mol. The molecule has 8 heteroatoms. The fourth-order valence-corrected chi connectivity index (χ4v) is 3.71. The molecule has 0 radical (unpaired) electrons. The Morgan fingerprint density at radius 3 is 3.12 bits per heavy atom. The van der Waals surface area contributed by atoms with E-state index in [0.29, 0.717) is 19.6 Å². The average Bonchev–Trinajstić information content (AvgIpc) is 3.30. The molecule has 2 atom stereocenters. The number of benzene rings is 1. The number of rotatable bonds is 4. The number of hydrogen-bond acceptors (Lipinski definition) is 6. The van der Waals surface area contributed by atoms with Crippen LogP contribution >= 0.6 is 11.3 Å². The minimum absolute atomic E-state index is 0.0578. The van der Waals surface area contributed by atoms with Crippen molar-refractivity contribution < 1.29 is 14.1 Å². The summed E-state index contributed by atoms with van der Waals surface area (Å²) in [6.45, 7) is 2.98. The van der Waals surface area contributed by atoms with E-state index in [1.165, 1.54) is 0 Å². The summed E-state index contributed by atoms with van der Waals surface area (Å²) in [4.78, 5) is 16.6. The van der Waals surface area contributed by atoms with Gasteiger partial charge in [0, 0.05) is 24.1 Å². The van der Waals surface area contributed by atoms with Crippen molar-refractivity contribution in [2.45, 2.75) is 19.4 Å². The standard InChI is InChI=1S/C17H18N4O3S/c1-10-4-13(24-21-10)5-11-7-23-8-15(11)20-17(22)19-12-2-3-14-16(6-12)25-9-18-14/h2-4,6,9,11,15H,5,7-8H2,1H3,(H2,19,20,22)/t11-,15+/m1/s1. The molecule has 1 saturated heterocycles. The second-order valence-corrected chi connectivity index (χ2v) is 7.06. The lowest BCUT2D eigenvalue weighted by molar-refractivity contribution is 0.181. The van der Waals surface area contributed by atoms with Gasteiger partial charge in [0.25, 0.3) is 0 Å². The number of carbonyl (C=O) groups is 1. The largest absolute Gasteiger partial charge is 0.379 e. The molecule has 1 fully saturated rings. The second-order valence-electron chi connectivity index (χ2n) is 6.18. The summed E-state index contributed by atoms with van der Waals surface area (Å²) < 4.78 is 11.8. The molecule has 0 bridgehead atoms. The van der Waals surface area contributed by atoms with E-state index in [-0.39, 0.29) is 18.0 Å². The van der Waals surface area contributed by atoms with Crippen molar-refractivity contribution in [1.29, 1.82) is 0 Å². The topological polar surface area (TPSA) is 89.3 Å². The Hall–Kier alpha value is -2.45. The Bertz CT molecular complexity index is 891. The molecule has 0 unspecified atom stereocenters. The van der Waals surface area contributed by atoms with Crippen molar-refractivity contribution in [2.24, 2.45) is 5.92 Å². The molecule has 3 heterocycles. The van der Waals surface area contributed by atoms with Crippen molar-refractivity contribution in [3.8, 4) is 0 Å². The van der Waals surface area contributed by atoms with Crippen molar-refractivity contribution in [2.75, 3.05) is 18.5 Å². The minimum atomic E-state index is -0.238. The van der Waals surface area contributed by atoms with Crippen LogP contribution in [-0.2, 0) is 11.2 Å². The fraction of sp³-hybridized carbons (Fsp3) is 0.353. The van der Waals surface area contributed by atoms with Crippen LogP contribution < -0.4 is 10.6 Å². The van der Waals surface area contributed by atoms with Crippen LogP contribution in [0.25, 0.3) is 10.2 Å². The number of aryl methyl sites for hydroxylation is 1. The highest BCUT2D eigenvalue weighted by Crippen LogP contribution is 2.23. The van der Waals surface area contributed by atoms with Gasteiger partial charge in [0.15, 0.2) is 0 Å². The third-order valence-corrected chi connectivity index (χ3v) is 5.04. The zero-order valence-corrected chi connectivity index (χ0v) is 14.5. The zero-order valence-electron chi connectivity index (χ0n) is 13.7. The van der Waals surface area contributed by atoms with E-state index in [4.69, 9.17) is 9.26 Å². The smallest absolute Gasteiger partial charge is 0.319 e. The van der Waals surface area contributed by atoms with E-state index in [0.717, 1.165) is 27.4 Å². The number of urea groups is 1. The first-order chi connectivity index (χ1) is 12.2. The molecule has 0 saturated carbocycles. The molecule has 0 aliphatic carbocycles. The molecule has 2 amide bonds. The van der Waals surface area contributed by atoms with Crippen molar-refractivity contribution >= 4 is 33.3 Å². The number of amides is 2. The quantitative estimate of drug-likeness (QED) is 0.748. The second kappa shape index (κ2) is 6.81. The van der Waals surface area contributed by atoms with E-state index in [1.54, 1.807) is 16.8 Å². The summed E-state index contributed by atoms with van der Waals surface area (Å²) in [6.07, 6.45) is 0.693. The normalized spacial score (nSPS) is 20.0. The first-order valence-electron chi connectivity index (χ1n) is 8.08. The van der Waals surface area contributed by atoms with Crippen LogP contribution in [0.15, 0.2) is 34.3 Å². The van der Waals surface area contributed by atoms with Gasteiger partial charge in [-0.3, -0.25) is 0 Å². The number of hydrogen-bond donors (Lipinski definition) is 2. The lowest BCUT2D eigenvalue weighted by Gasteiger charge is -2.18. The maximum atomic E-state index is 12.3. The molecular weight excluding hydrogens is 340 g/mol. The summed E-state index contributed by atoms with van der Waals surface area (Å²) in [5.74, 6) is 0.984. The van der Waals surface area contributed by atoms with Crippen LogP contribution in [0.4, 0.5) is 10.5 Å². The Morgan fingerprint density at radius 1 is 1.36 bits per heavy atom. The van der Waals surface area contributed by atoms with Gasteiger partial charge in [-0.2, -0.15) is 0 Å². The van der Waals surface area contributed by atoms with Crippen molar-refractivity contribution in [1.82, 2.24) is 15.5 Å². The first-order valence-corrected chi connectivity index (χ1v) is 8.96. The molecule has 7 nitrogen and oxygen atoms in total. The summed E-state index contributed by atoms with van der Waals surface area (Å²) >= 11 is 1.55. The van der Waals surface area contributed by atoms with Crippen LogP contribution in [0.1, 0.15) is 11.5 Å². The third kappa shape index (κ3) is 3.64. The third-order valence-electron chi connectivity index (χ3n) is 4.24. The SMILES string of the molecule is Cc1cc(C[C@@H]2COC[C@@H]2NC(=O)Nc2ccc3ncsc3c2)on1. The number of carbonyl (C=O) groups excluding carboxylic acids is 1. The van der Waals surface area contributed by atoms with Gasteiger partial charge in [-0.25, -0.2) is 9.78 Å². The van der Waals surface area contributed by atoms with Gasteiger partial charge in [0.1, 0.15) is 5.76 Å². The predicted octanol–water partition coefficient (Wildman–Crippen LogP) is 2.97. The van der Waals surface area contributed by atoms with Crippen LogP contribution in [0.5, 0.6) is 0 Å². The zero-order chi connectivity index (χ0) is 17.2. The van der Waals surface area contributed by atoms with Gasteiger partial charge >= 0.3 is 6.03 Å². The molecule has 0 spiro atoms. The molecule has 1 aromatic carbocycles. The summed E-state index contributed by atoms with van der Waals surface area (Å²) in [5.41, 5.74) is 4.33.